The predicted octanol–water partition coefficient (Wildman–Crippen LogP) is 25.4. The van der Waals surface area contributed by atoms with Crippen molar-refractivity contribution in [1.29, 1.82) is 0 Å². The zero-order chi connectivity index (χ0) is 61.3. The highest BCUT2D eigenvalue weighted by Gasteiger charge is 2.20. The van der Waals surface area contributed by atoms with E-state index in [0.29, 0.717) is 25.9 Å². The van der Waals surface area contributed by atoms with Gasteiger partial charge in [0.15, 0.2) is 0 Å². The van der Waals surface area contributed by atoms with Crippen LogP contribution in [0.15, 0.2) is 36.5 Å². The third-order valence-corrected chi connectivity index (χ3v) is 18.1. The number of hydrogen-bond donors (Lipinski definition) is 3. The lowest BCUT2D eigenvalue weighted by Crippen LogP contribution is -2.45. The number of aliphatic hydroxyl groups excluding tert-OH is 2. The molecule has 3 N–H and O–H groups in total. The van der Waals surface area contributed by atoms with Crippen molar-refractivity contribution in [2.24, 2.45) is 0 Å². The number of carbonyl (C=O) groups excluding carboxylic acids is 2. The van der Waals surface area contributed by atoms with Crippen LogP contribution in [0.25, 0.3) is 0 Å². The molecule has 0 aliphatic carbocycles. The SMILES string of the molecule is CCC/C=C\C/C=C\CCCCCCCC(=O)OCCCCCCCCCCCCCCCCCCCC/C=C\CCCCCCCCCCCCCCCCCCCC(=O)NC(CO)C(O)CCCCCCCCCCCCCCCCCC. The quantitative estimate of drug-likeness (QED) is 0.0320. The van der Waals surface area contributed by atoms with Gasteiger partial charge in [0.05, 0.1) is 25.4 Å². The first-order valence-corrected chi connectivity index (χ1v) is 38.7. The van der Waals surface area contributed by atoms with E-state index < -0.39 is 12.1 Å². The fourth-order valence-corrected chi connectivity index (χ4v) is 12.3. The molecule has 0 fully saturated rings. The smallest absolute Gasteiger partial charge is 0.305 e. The third-order valence-electron chi connectivity index (χ3n) is 18.1. The largest absolute Gasteiger partial charge is 0.466 e. The second-order valence-corrected chi connectivity index (χ2v) is 26.7. The van der Waals surface area contributed by atoms with Gasteiger partial charge in [0.2, 0.25) is 5.91 Å². The van der Waals surface area contributed by atoms with Crippen molar-refractivity contribution in [3.05, 3.63) is 36.5 Å². The molecule has 0 aromatic rings. The van der Waals surface area contributed by atoms with Crippen LogP contribution in [0, 0.1) is 0 Å². The minimum Gasteiger partial charge on any atom is -0.466 e. The normalized spacial score (nSPS) is 12.7. The van der Waals surface area contributed by atoms with Crippen molar-refractivity contribution in [3.63, 3.8) is 0 Å². The second kappa shape index (κ2) is 74.5. The molecule has 502 valence electrons. The molecule has 0 heterocycles. The molecule has 0 aliphatic heterocycles. The number of esters is 1. The first-order chi connectivity index (χ1) is 42.0. The molecule has 6 nitrogen and oxygen atoms in total. The van der Waals surface area contributed by atoms with Crippen LogP contribution in [0.3, 0.4) is 0 Å². The summed E-state index contributed by atoms with van der Waals surface area (Å²) in [6.07, 6.45) is 96.7. The molecule has 2 unspecified atom stereocenters. The average Bonchev–Trinajstić information content (AvgIpc) is 3.51. The molecule has 0 aromatic carbocycles. The molecule has 1 amide bonds. The monoisotopic (exact) mass is 1190 g/mol. The van der Waals surface area contributed by atoms with Crippen molar-refractivity contribution < 1.29 is 24.5 Å². The number of hydrogen-bond acceptors (Lipinski definition) is 5. The number of rotatable bonds is 73. The van der Waals surface area contributed by atoms with Crippen LogP contribution in [-0.2, 0) is 14.3 Å². The fraction of sp³-hybridized carbons (Fsp3) is 0.899. The highest BCUT2D eigenvalue weighted by molar-refractivity contribution is 5.76. The van der Waals surface area contributed by atoms with Crippen molar-refractivity contribution in [2.75, 3.05) is 13.2 Å². The van der Waals surface area contributed by atoms with E-state index in [1.165, 1.54) is 347 Å². The summed E-state index contributed by atoms with van der Waals surface area (Å²) in [4.78, 5) is 24.6. The lowest BCUT2D eigenvalue weighted by atomic mass is 10.0. The third kappa shape index (κ3) is 71.0. The highest BCUT2D eigenvalue weighted by Crippen LogP contribution is 2.20. The van der Waals surface area contributed by atoms with Gasteiger partial charge in [0.1, 0.15) is 0 Å². The summed E-state index contributed by atoms with van der Waals surface area (Å²) in [6.45, 7) is 4.92. The maximum Gasteiger partial charge on any atom is 0.305 e. The Kier molecular flexibility index (Phi) is 72.9. The van der Waals surface area contributed by atoms with E-state index in [0.717, 1.165) is 51.4 Å². The van der Waals surface area contributed by atoms with E-state index >= 15 is 0 Å². The van der Waals surface area contributed by atoms with Crippen LogP contribution in [0.1, 0.15) is 431 Å². The Hall–Kier alpha value is -1.92. The Morgan fingerprint density at radius 2 is 0.612 bits per heavy atom. The lowest BCUT2D eigenvalue weighted by Gasteiger charge is -2.22. The Morgan fingerprint density at radius 3 is 0.953 bits per heavy atom. The first kappa shape index (κ1) is 83.1. The average molecular weight is 1200 g/mol. The van der Waals surface area contributed by atoms with Crippen molar-refractivity contribution >= 4 is 11.9 Å². The summed E-state index contributed by atoms with van der Waals surface area (Å²) in [5, 5.41) is 23.4. The van der Waals surface area contributed by atoms with Gasteiger partial charge >= 0.3 is 5.97 Å². The fourth-order valence-electron chi connectivity index (χ4n) is 12.3. The van der Waals surface area contributed by atoms with E-state index in [-0.39, 0.29) is 18.5 Å². The second-order valence-electron chi connectivity index (χ2n) is 26.7. The van der Waals surface area contributed by atoms with Crippen molar-refractivity contribution in [3.8, 4) is 0 Å². The number of allylic oxidation sites excluding steroid dienone is 6. The molecule has 0 rings (SSSR count). The molecular formula is C79H151NO5. The van der Waals surface area contributed by atoms with E-state index in [4.69, 9.17) is 4.74 Å². The summed E-state index contributed by atoms with van der Waals surface area (Å²) >= 11 is 0. The van der Waals surface area contributed by atoms with Crippen LogP contribution in [0.4, 0.5) is 0 Å². The number of carbonyl (C=O) groups is 2. The predicted molar refractivity (Wildman–Crippen MR) is 375 cm³/mol. The molecule has 0 spiro atoms. The van der Waals surface area contributed by atoms with Gasteiger partial charge in [-0.1, -0.05) is 378 Å². The van der Waals surface area contributed by atoms with E-state index in [9.17, 15) is 19.8 Å². The summed E-state index contributed by atoms with van der Waals surface area (Å²) in [5.74, 6) is -0.0196. The topological polar surface area (TPSA) is 95.9 Å². The van der Waals surface area contributed by atoms with Gasteiger partial charge < -0.3 is 20.3 Å². The van der Waals surface area contributed by atoms with Gasteiger partial charge in [-0.3, -0.25) is 9.59 Å². The number of nitrogens with one attached hydrogen (secondary N) is 1. The van der Waals surface area contributed by atoms with Gasteiger partial charge in [-0.2, -0.15) is 0 Å². The number of aliphatic hydroxyl groups is 2. The van der Waals surface area contributed by atoms with E-state index in [1.807, 2.05) is 0 Å². The highest BCUT2D eigenvalue weighted by atomic mass is 16.5. The molecule has 0 aromatic heterocycles. The standard InChI is InChI=1S/C79H151NO5/c1-3-5-7-9-11-13-15-17-18-44-48-51-55-59-63-67-71-77(82)76(75-81)80-78(83)72-68-64-60-56-52-49-45-42-40-38-36-34-32-30-28-26-24-22-20-19-21-23-25-27-29-31-33-35-37-39-41-43-46-50-54-58-62-66-70-74-85-79(84)73-69-65-61-57-53-47-16-14-12-10-8-6-4-2/h8,10,14,16,19-20,76-77,81-82H,3-7,9,11-13,15,17-18,21-75H2,1-2H3,(H,80,83)/b10-8-,16-14-,20-19-. The summed E-state index contributed by atoms with van der Waals surface area (Å²) in [5.41, 5.74) is 0. The minimum absolute atomic E-state index is 0.00744. The number of ether oxygens (including phenoxy) is 1. The number of amides is 1. The molecule has 0 radical (unpaired) electrons. The van der Waals surface area contributed by atoms with E-state index in [2.05, 4.69) is 55.6 Å². The van der Waals surface area contributed by atoms with E-state index in [1.54, 1.807) is 0 Å². The molecule has 2 atom stereocenters. The molecular weight excluding hydrogens is 1040 g/mol. The Bertz CT molecular complexity index is 1380. The summed E-state index contributed by atoms with van der Waals surface area (Å²) in [7, 11) is 0. The Labute approximate surface area is 532 Å². The Morgan fingerprint density at radius 1 is 0.329 bits per heavy atom. The van der Waals surface area contributed by atoms with Gasteiger partial charge in [-0.05, 0) is 77.0 Å². The summed E-state index contributed by atoms with van der Waals surface area (Å²) in [6, 6.07) is -0.538. The summed E-state index contributed by atoms with van der Waals surface area (Å²) < 4.78 is 5.48. The molecule has 0 bridgehead atoms. The molecule has 0 saturated heterocycles. The van der Waals surface area contributed by atoms with Gasteiger partial charge in [-0.25, -0.2) is 0 Å². The van der Waals surface area contributed by atoms with Crippen molar-refractivity contribution in [2.45, 2.75) is 443 Å². The van der Waals surface area contributed by atoms with Gasteiger partial charge in [-0.15, -0.1) is 0 Å². The van der Waals surface area contributed by atoms with Crippen LogP contribution in [-0.4, -0.2) is 47.4 Å². The molecule has 0 saturated carbocycles. The van der Waals surface area contributed by atoms with Crippen LogP contribution < -0.4 is 5.32 Å². The maximum absolute atomic E-state index is 12.5. The molecule has 0 aliphatic rings. The zero-order valence-electron chi connectivity index (χ0n) is 57.6. The molecule has 85 heavy (non-hydrogen) atoms. The zero-order valence-corrected chi connectivity index (χ0v) is 57.6. The minimum atomic E-state index is -0.661. The first-order valence-electron chi connectivity index (χ1n) is 38.7. The van der Waals surface area contributed by atoms with Gasteiger partial charge in [0.25, 0.3) is 0 Å². The van der Waals surface area contributed by atoms with Crippen molar-refractivity contribution in [1.82, 2.24) is 5.32 Å². The number of unbranched alkanes of at least 4 members (excludes halogenated alkanes) is 56. The lowest BCUT2D eigenvalue weighted by molar-refractivity contribution is -0.143. The van der Waals surface area contributed by atoms with Crippen LogP contribution in [0.2, 0.25) is 0 Å². The van der Waals surface area contributed by atoms with Crippen LogP contribution >= 0.6 is 0 Å². The Balaban J connectivity index is 3.32. The van der Waals surface area contributed by atoms with Gasteiger partial charge in [0, 0.05) is 12.8 Å². The van der Waals surface area contributed by atoms with Crippen LogP contribution in [0.5, 0.6) is 0 Å². The molecule has 6 heteroatoms. The maximum atomic E-state index is 12.5.